The van der Waals surface area contributed by atoms with Crippen molar-refractivity contribution in [1.82, 2.24) is 14.9 Å². The van der Waals surface area contributed by atoms with E-state index in [1.807, 2.05) is 0 Å². The number of hydrogen-bond donors (Lipinski definition) is 0. The fourth-order valence-electron chi connectivity index (χ4n) is 3.76. The molecule has 2 atom stereocenters. The van der Waals surface area contributed by atoms with Crippen molar-refractivity contribution < 1.29 is 0 Å². The van der Waals surface area contributed by atoms with Gasteiger partial charge in [-0.3, -0.25) is 4.90 Å². The molecular weight excluding hydrogens is 248 g/mol. The first-order valence-corrected chi connectivity index (χ1v) is 7.96. The van der Waals surface area contributed by atoms with Crippen molar-refractivity contribution in [2.75, 3.05) is 31.1 Å². The molecule has 0 N–H and O–H groups in total. The molecule has 0 aromatic carbocycles. The maximum atomic E-state index is 4.57. The van der Waals surface area contributed by atoms with Crippen LogP contribution in [0.25, 0.3) is 0 Å². The highest BCUT2D eigenvalue weighted by molar-refractivity contribution is 5.48. The third kappa shape index (κ3) is 2.53. The molecule has 2 bridgehead atoms. The van der Waals surface area contributed by atoms with Gasteiger partial charge in [-0.05, 0) is 45.6 Å². The number of hydrogen-bond acceptors (Lipinski definition) is 4. The summed E-state index contributed by atoms with van der Waals surface area (Å²) in [4.78, 5) is 14.1. The van der Waals surface area contributed by atoms with Gasteiger partial charge in [0.05, 0.1) is 0 Å². The predicted octanol–water partition coefficient (Wildman–Crippen LogP) is 2.40. The Bertz CT molecular complexity index is 474. The van der Waals surface area contributed by atoms with Gasteiger partial charge in [0.2, 0.25) is 0 Å². The Labute approximate surface area is 122 Å². The fraction of sp³-hybridized carbons (Fsp3) is 0.750. The summed E-state index contributed by atoms with van der Waals surface area (Å²) in [5, 5.41) is 0. The Morgan fingerprint density at radius 3 is 2.80 bits per heavy atom. The van der Waals surface area contributed by atoms with E-state index in [-0.39, 0.29) is 0 Å². The van der Waals surface area contributed by atoms with Gasteiger partial charge in [-0.25, -0.2) is 9.97 Å². The molecule has 110 valence electrons. The third-order valence-electron chi connectivity index (χ3n) is 4.95. The highest BCUT2D eigenvalue weighted by Gasteiger charge is 2.35. The van der Waals surface area contributed by atoms with E-state index in [4.69, 9.17) is 0 Å². The number of piperidine rings is 1. The van der Waals surface area contributed by atoms with Crippen molar-refractivity contribution in [2.24, 2.45) is 5.92 Å². The number of aromatic nitrogens is 2. The summed E-state index contributed by atoms with van der Waals surface area (Å²) in [6.45, 7) is 11.3. The van der Waals surface area contributed by atoms with Crippen LogP contribution in [0, 0.1) is 19.8 Å². The highest BCUT2D eigenvalue weighted by Crippen LogP contribution is 2.31. The Hall–Kier alpha value is -1.16. The van der Waals surface area contributed by atoms with Crippen LogP contribution in [-0.4, -0.2) is 47.1 Å². The Morgan fingerprint density at radius 1 is 1.15 bits per heavy atom. The van der Waals surface area contributed by atoms with Gasteiger partial charge in [0.1, 0.15) is 12.1 Å². The van der Waals surface area contributed by atoms with Gasteiger partial charge in [-0.1, -0.05) is 6.92 Å². The summed E-state index contributed by atoms with van der Waals surface area (Å²) >= 11 is 0. The molecule has 1 aromatic heterocycles. The minimum Gasteiger partial charge on any atom is -0.354 e. The van der Waals surface area contributed by atoms with Crippen molar-refractivity contribution in [2.45, 2.75) is 46.1 Å². The topological polar surface area (TPSA) is 32.3 Å². The van der Waals surface area contributed by atoms with E-state index in [0.717, 1.165) is 30.5 Å². The van der Waals surface area contributed by atoms with E-state index in [2.05, 4.69) is 40.5 Å². The maximum Gasteiger partial charge on any atom is 0.135 e. The van der Waals surface area contributed by atoms with Gasteiger partial charge in [0.15, 0.2) is 0 Å². The Morgan fingerprint density at radius 2 is 2.00 bits per heavy atom. The quantitative estimate of drug-likeness (QED) is 0.847. The minimum atomic E-state index is 0.711. The van der Waals surface area contributed by atoms with Crippen LogP contribution in [0.5, 0.6) is 0 Å². The average molecular weight is 274 g/mol. The van der Waals surface area contributed by atoms with Gasteiger partial charge < -0.3 is 4.90 Å². The van der Waals surface area contributed by atoms with Crippen molar-refractivity contribution in [3.63, 3.8) is 0 Å². The van der Waals surface area contributed by atoms with Crippen LogP contribution in [0.1, 0.15) is 37.4 Å². The van der Waals surface area contributed by atoms with Crippen molar-refractivity contribution in [1.29, 1.82) is 0 Å². The molecule has 4 rings (SSSR count). The molecule has 0 amide bonds. The molecule has 1 aromatic rings. The van der Waals surface area contributed by atoms with E-state index < -0.39 is 0 Å². The zero-order valence-electron chi connectivity index (χ0n) is 13.0. The molecule has 0 radical (unpaired) electrons. The number of anilines is 1. The fourth-order valence-corrected chi connectivity index (χ4v) is 3.76. The second-order valence-corrected chi connectivity index (χ2v) is 6.40. The van der Waals surface area contributed by atoms with Gasteiger partial charge in [0, 0.05) is 36.9 Å². The molecule has 4 nitrogen and oxygen atoms in total. The monoisotopic (exact) mass is 274 g/mol. The molecule has 3 saturated heterocycles. The standard InChI is InChI=1S/C16H26N4/c1-4-7-19-8-14-5-6-15(19)10-20(9-14)16-12(2)13(3)17-11-18-16/h11,14-15H,4-10H2,1-3H3/t14-,15-/m1/s1. The summed E-state index contributed by atoms with van der Waals surface area (Å²) in [7, 11) is 0. The second kappa shape index (κ2) is 5.68. The normalized spacial score (nSPS) is 26.9. The molecular formula is C16H26N4. The Balaban J connectivity index is 1.84. The first-order valence-electron chi connectivity index (χ1n) is 7.96. The van der Waals surface area contributed by atoms with Crippen LogP contribution in [0.3, 0.4) is 0 Å². The van der Waals surface area contributed by atoms with Gasteiger partial charge in [0.25, 0.3) is 0 Å². The number of nitrogens with zero attached hydrogens (tertiary/aromatic N) is 4. The summed E-state index contributed by atoms with van der Waals surface area (Å²) < 4.78 is 0. The van der Waals surface area contributed by atoms with Gasteiger partial charge in [-0.2, -0.15) is 0 Å². The van der Waals surface area contributed by atoms with Crippen molar-refractivity contribution >= 4 is 5.82 Å². The molecule has 3 fully saturated rings. The van der Waals surface area contributed by atoms with E-state index in [0.29, 0.717) is 6.04 Å². The largest absolute Gasteiger partial charge is 0.354 e. The number of aryl methyl sites for hydroxylation is 1. The molecule has 0 saturated carbocycles. The summed E-state index contributed by atoms with van der Waals surface area (Å²) in [5.41, 5.74) is 2.35. The van der Waals surface area contributed by atoms with Gasteiger partial charge >= 0.3 is 0 Å². The third-order valence-corrected chi connectivity index (χ3v) is 4.95. The lowest BCUT2D eigenvalue weighted by molar-refractivity contribution is 0.134. The van der Waals surface area contributed by atoms with Crippen LogP contribution in [0.2, 0.25) is 0 Å². The predicted molar refractivity (Wildman–Crippen MR) is 82.1 cm³/mol. The molecule has 4 heterocycles. The zero-order chi connectivity index (χ0) is 14.1. The van der Waals surface area contributed by atoms with E-state index >= 15 is 0 Å². The second-order valence-electron chi connectivity index (χ2n) is 6.40. The number of rotatable bonds is 3. The maximum absolute atomic E-state index is 4.57. The average Bonchev–Trinajstić information content (AvgIpc) is 2.74. The van der Waals surface area contributed by atoms with Crippen LogP contribution in [0.4, 0.5) is 5.82 Å². The first-order chi connectivity index (χ1) is 9.69. The molecule has 0 unspecified atom stereocenters. The Kier molecular flexibility index (Phi) is 3.92. The van der Waals surface area contributed by atoms with Crippen LogP contribution in [-0.2, 0) is 0 Å². The lowest BCUT2D eigenvalue weighted by Crippen LogP contribution is -2.44. The zero-order valence-corrected chi connectivity index (χ0v) is 13.0. The lowest BCUT2D eigenvalue weighted by atomic mass is 9.95. The molecule has 4 heteroatoms. The van der Waals surface area contributed by atoms with Crippen LogP contribution >= 0.6 is 0 Å². The van der Waals surface area contributed by atoms with E-state index in [1.54, 1.807) is 6.33 Å². The lowest BCUT2D eigenvalue weighted by Gasteiger charge is -2.35. The van der Waals surface area contributed by atoms with Crippen LogP contribution in [0.15, 0.2) is 6.33 Å². The molecule has 3 aliphatic heterocycles. The molecule has 0 aliphatic carbocycles. The highest BCUT2D eigenvalue weighted by atomic mass is 15.3. The SMILES string of the molecule is CCCN1C[C@H]2CC[C@@H]1CN(c1ncnc(C)c1C)C2. The summed E-state index contributed by atoms with van der Waals surface area (Å²) in [5.74, 6) is 1.96. The van der Waals surface area contributed by atoms with Gasteiger partial charge in [-0.15, -0.1) is 0 Å². The molecule has 3 aliphatic rings. The van der Waals surface area contributed by atoms with E-state index in [9.17, 15) is 0 Å². The smallest absolute Gasteiger partial charge is 0.135 e. The molecule has 20 heavy (non-hydrogen) atoms. The van der Waals surface area contributed by atoms with Crippen LogP contribution < -0.4 is 4.90 Å². The van der Waals surface area contributed by atoms with Crippen molar-refractivity contribution in [3.05, 3.63) is 17.6 Å². The van der Waals surface area contributed by atoms with E-state index in [1.165, 1.54) is 37.9 Å². The molecule has 0 spiro atoms. The summed E-state index contributed by atoms with van der Waals surface area (Å²) in [6, 6.07) is 0.711. The number of fused-ring (bicyclic) bond motifs is 4. The first kappa shape index (κ1) is 13.8. The minimum absolute atomic E-state index is 0.711. The van der Waals surface area contributed by atoms with Crippen molar-refractivity contribution in [3.8, 4) is 0 Å². The summed E-state index contributed by atoms with van der Waals surface area (Å²) in [6.07, 6.45) is 5.71.